The van der Waals surface area contributed by atoms with Crippen LogP contribution in [-0.2, 0) is 4.84 Å². The van der Waals surface area contributed by atoms with Crippen LogP contribution in [0.5, 0.6) is 0 Å². The Morgan fingerprint density at radius 2 is 2.67 bits per heavy atom. The molecule has 1 rings (SSSR count). The Bertz CT molecular complexity index is 181. The van der Waals surface area contributed by atoms with Crippen molar-refractivity contribution in [2.24, 2.45) is 5.16 Å². The van der Waals surface area contributed by atoms with Crippen molar-refractivity contribution in [3.63, 3.8) is 0 Å². The molecule has 0 atom stereocenters. The smallest absolute Gasteiger partial charge is 0.106 e. The van der Waals surface area contributed by atoms with Crippen LogP contribution in [0.25, 0.3) is 0 Å². The third-order valence-corrected chi connectivity index (χ3v) is 1.55. The molecule has 0 radical (unpaired) electrons. The van der Waals surface area contributed by atoms with Gasteiger partial charge in [0.1, 0.15) is 7.11 Å². The van der Waals surface area contributed by atoms with Gasteiger partial charge in [0.25, 0.3) is 0 Å². The molecule has 0 amide bonds. The Morgan fingerprint density at radius 3 is 3.22 bits per heavy atom. The van der Waals surface area contributed by atoms with Gasteiger partial charge in [-0.3, -0.25) is 0 Å². The van der Waals surface area contributed by atoms with Crippen LogP contribution in [0.2, 0.25) is 0 Å². The lowest BCUT2D eigenvalue weighted by Crippen LogP contribution is -1.74. The molecular weight excluding hydrogens is 134 g/mol. The predicted molar refractivity (Wildman–Crippen MR) is 38.9 cm³/mol. The number of nitrogens with zero attached hydrogens (tertiary/aromatic N) is 1. The minimum atomic E-state index is 1.09. The molecular formula is C6H7NOS. The lowest BCUT2D eigenvalue weighted by atomic mass is 10.4. The van der Waals surface area contributed by atoms with Crippen molar-refractivity contribution in [3.05, 3.63) is 22.4 Å². The van der Waals surface area contributed by atoms with Crippen LogP contribution in [0.1, 0.15) is 5.56 Å². The third kappa shape index (κ3) is 1.85. The second kappa shape index (κ2) is 3.25. The average Bonchev–Trinajstić information content (AvgIpc) is 2.34. The summed E-state index contributed by atoms with van der Waals surface area (Å²) < 4.78 is 0. The summed E-state index contributed by atoms with van der Waals surface area (Å²) in [5.41, 5.74) is 1.09. The molecule has 0 unspecified atom stereocenters. The van der Waals surface area contributed by atoms with E-state index in [1.165, 1.54) is 7.11 Å². The van der Waals surface area contributed by atoms with Gasteiger partial charge in [-0.05, 0) is 16.8 Å². The molecule has 0 aliphatic heterocycles. The second-order valence-corrected chi connectivity index (χ2v) is 2.25. The zero-order valence-electron chi connectivity index (χ0n) is 5.07. The maximum absolute atomic E-state index is 4.49. The van der Waals surface area contributed by atoms with Crippen LogP contribution >= 0.6 is 11.3 Å². The van der Waals surface area contributed by atoms with Crippen molar-refractivity contribution >= 4 is 17.6 Å². The van der Waals surface area contributed by atoms with Gasteiger partial charge in [-0.1, -0.05) is 5.16 Å². The van der Waals surface area contributed by atoms with E-state index in [1.54, 1.807) is 17.6 Å². The van der Waals surface area contributed by atoms with Gasteiger partial charge in [0.15, 0.2) is 0 Å². The quantitative estimate of drug-likeness (QED) is 0.454. The number of oxime groups is 1. The van der Waals surface area contributed by atoms with E-state index >= 15 is 0 Å². The third-order valence-electron chi connectivity index (χ3n) is 0.850. The molecule has 48 valence electrons. The van der Waals surface area contributed by atoms with Crippen LogP contribution in [0.3, 0.4) is 0 Å². The molecule has 0 aliphatic rings. The highest BCUT2D eigenvalue weighted by Gasteiger charge is 1.83. The summed E-state index contributed by atoms with van der Waals surface area (Å²) in [7, 11) is 1.53. The number of thiophene rings is 1. The SMILES string of the molecule is CO/N=C\c1ccsc1. The fraction of sp³-hybridized carbons (Fsp3) is 0.167. The Kier molecular flexibility index (Phi) is 2.27. The molecule has 2 nitrogen and oxygen atoms in total. The fourth-order valence-corrected chi connectivity index (χ4v) is 1.07. The lowest BCUT2D eigenvalue weighted by Gasteiger charge is -1.81. The van der Waals surface area contributed by atoms with E-state index in [9.17, 15) is 0 Å². The number of rotatable bonds is 2. The van der Waals surface area contributed by atoms with Gasteiger partial charge >= 0.3 is 0 Å². The summed E-state index contributed by atoms with van der Waals surface area (Å²) in [5, 5.41) is 7.60. The monoisotopic (exact) mass is 141 g/mol. The largest absolute Gasteiger partial charge is 0.399 e. The minimum Gasteiger partial charge on any atom is -0.399 e. The van der Waals surface area contributed by atoms with Gasteiger partial charge in [0, 0.05) is 5.56 Å². The Balaban J connectivity index is 2.57. The van der Waals surface area contributed by atoms with Crippen LogP contribution in [0.4, 0.5) is 0 Å². The van der Waals surface area contributed by atoms with Crippen molar-refractivity contribution in [1.29, 1.82) is 0 Å². The van der Waals surface area contributed by atoms with Gasteiger partial charge in [-0.25, -0.2) is 0 Å². The topological polar surface area (TPSA) is 21.6 Å². The molecule has 9 heavy (non-hydrogen) atoms. The van der Waals surface area contributed by atoms with E-state index < -0.39 is 0 Å². The van der Waals surface area contributed by atoms with Gasteiger partial charge in [-0.15, -0.1) is 0 Å². The van der Waals surface area contributed by atoms with Crippen molar-refractivity contribution < 1.29 is 4.84 Å². The Morgan fingerprint density at radius 1 is 1.78 bits per heavy atom. The Hall–Kier alpha value is -0.830. The molecule has 1 heterocycles. The van der Waals surface area contributed by atoms with Crippen LogP contribution in [0, 0.1) is 0 Å². The van der Waals surface area contributed by atoms with Crippen LogP contribution in [-0.4, -0.2) is 13.3 Å². The lowest BCUT2D eigenvalue weighted by molar-refractivity contribution is 0.215. The van der Waals surface area contributed by atoms with Crippen molar-refractivity contribution in [1.82, 2.24) is 0 Å². The van der Waals surface area contributed by atoms with Gasteiger partial charge < -0.3 is 4.84 Å². The number of hydrogen-bond donors (Lipinski definition) is 0. The van der Waals surface area contributed by atoms with Crippen molar-refractivity contribution in [2.75, 3.05) is 7.11 Å². The highest BCUT2D eigenvalue weighted by molar-refractivity contribution is 7.08. The molecule has 0 bridgehead atoms. The van der Waals surface area contributed by atoms with Crippen LogP contribution in [0.15, 0.2) is 22.0 Å². The fourth-order valence-electron chi connectivity index (χ4n) is 0.462. The summed E-state index contributed by atoms with van der Waals surface area (Å²) in [5.74, 6) is 0. The van der Waals surface area contributed by atoms with Gasteiger partial charge in [0.05, 0.1) is 6.21 Å². The highest BCUT2D eigenvalue weighted by atomic mass is 32.1. The molecule has 3 heteroatoms. The van der Waals surface area contributed by atoms with Crippen molar-refractivity contribution in [2.45, 2.75) is 0 Å². The maximum Gasteiger partial charge on any atom is 0.106 e. The van der Waals surface area contributed by atoms with E-state index in [4.69, 9.17) is 0 Å². The van der Waals surface area contributed by atoms with E-state index in [0.29, 0.717) is 0 Å². The maximum atomic E-state index is 4.49. The average molecular weight is 141 g/mol. The standard InChI is InChI=1S/C6H7NOS/c1-8-7-4-6-2-3-9-5-6/h2-5H,1H3/b7-4-. The molecule has 0 saturated carbocycles. The van der Waals surface area contributed by atoms with Crippen LogP contribution < -0.4 is 0 Å². The molecule has 0 spiro atoms. The summed E-state index contributed by atoms with van der Waals surface area (Å²) in [6.07, 6.45) is 1.68. The van der Waals surface area contributed by atoms with E-state index in [-0.39, 0.29) is 0 Å². The summed E-state index contributed by atoms with van der Waals surface area (Å²) in [4.78, 5) is 4.49. The molecule has 0 N–H and O–H groups in total. The minimum absolute atomic E-state index is 1.09. The first-order chi connectivity index (χ1) is 4.43. The van der Waals surface area contributed by atoms with E-state index in [0.717, 1.165) is 5.56 Å². The van der Waals surface area contributed by atoms with Crippen molar-refractivity contribution in [3.8, 4) is 0 Å². The first-order valence-corrected chi connectivity index (χ1v) is 3.46. The van der Waals surface area contributed by atoms with Gasteiger partial charge in [-0.2, -0.15) is 11.3 Å². The molecule has 0 aromatic carbocycles. The molecule has 0 aliphatic carbocycles. The highest BCUT2D eigenvalue weighted by Crippen LogP contribution is 2.01. The number of hydrogen-bond acceptors (Lipinski definition) is 3. The second-order valence-electron chi connectivity index (χ2n) is 1.47. The molecule has 0 saturated heterocycles. The summed E-state index contributed by atoms with van der Waals surface area (Å²) in [6.45, 7) is 0. The normalized spacial score (nSPS) is 10.3. The van der Waals surface area contributed by atoms with Gasteiger partial charge in [0.2, 0.25) is 0 Å². The first-order valence-electron chi connectivity index (χ1n) is 2.52. The van der Waals surface area contributed by atoms with E-state index in [1.807, 2.05) is 16.8 Å². The Labute approximate surface area is 57.8 Å². The molecule has 1 aromatic heterocycles. The molecule has 0 fully saturated rings. The summed E-state index contributed by atoms with van der Waals surface area (Å²) >= 11 is 1.64. The zero-order valence-corrected chi connectivity index (χ0v) is 5.89. The predicted octanol–water partition coefficient (Wildman–Crippen LogP) is 1.73. The zero-order chi connectivity index (χ0) is 6.53. The first kappa shape index (κ1) is 6.29. The molecule has 1 aromatic rings. The summed E-state index contributed by atoms with van der Waals surface area (Å²) in [6, 6.07) is 1.98. The van der Waals surface area contributed by atoms with E-state index in [2.05, 4.69) is 9.99 Å².